The van der Waals surface area contributed by atoms with E-state index in [1.807, 2.05) is 0 Å². The first kappa shape index (κ1) is 57.4. The van der Waals surface area contributed by atoms with Crippen LogP contribution in [0.15, 0.2) is 0 Å². The van der Waals surface area contributed by atoms with Crippen LogP contribution in [0.3, 0.4) is 0 Å². The summed E-state index contributed by atoms with van der Waals surface area (Å²) in [6.45, 7) is 11.4. The van der Waals surface area contributed by atoms with Crippen molar-refractivity contribution < 1.29 is 28.6 Å². The molecule has 0 aliphatic rings. The monoisotopic (exact) mass is 835 g/mol. The lowest BCUT2D eigenvalue weighted by atomic mass is 10.00. The molecule has 6 nitrogen and oxygen atoms in total. The zero-order valence-electron chi connectivity index (χ0n) is 40.4. The first-order chi connectivity index (χ1) is 28.8. The molecule has 6 heteroatoms. The number of hydrogen-bond donors (Lipinski definition) is 0. The number of hydrogen-bond acceptors (Lipinski definition) is 6. The van der Waals surface area contributed by atoms with Crippen LogP contribution in [-0.4, -0.2) is 37.2 Å². The Morgan fingerprint density at radius 3 is 0.966 bits per heavy atom. The van der Waals surface area contributed by atoms with E-state index in [1.54, 1.807) is 0 Å². The highest BCUT2D eigenvalue weighted by atomic mass is 16.6. The van der Waals surface area contributed by atoms with Gasteiger partial charge in [-0.2, -0.15) is 0 Å². The number of carbonyl (C=O) groups excluding carboxylic acids is 3. The van der Waals surface area contributed by atoms with Gasteiger partial charge < -0.3 is 14.2 Å². The van der Waals surface area contributed by atoms with Crippen LogP contribution in [0, 0.1) is 11.8 Å². The Morgan fingerprint density at radius 2 is 0.644 bits per heavy atom. The van der Waals surface area contributed by atoms with Crippen LogP contribution >= 0.6 is 0 Å². The van der Waals surface area contributed by atoms with Crippen LogP contribution in [0.25, 0.3) is 0 Å². The Balaban J connectivity index is 4.28. The molecule has 0 bridgehead atoms. The third-order valence-corrected chi connectivity index (χ3v) is 12.3. The van der Waals surface area contributed by atoms with E-state index in [2.05, 4.69) is 34.6 Å². The molecule has 0 saturated heterocycles. The summed E-state index contributed by atoms with van der Waals surface area (Å²) in [6.07, 6.45) is 46.6. The van der Waals surface area contributed by atoms with Gasteiger partial charge in [-0.3, -0.25) is 14.4 Å². The third kappa shape index (κ3) is 45.8. The van der Waals surface area contributed by atoms with E-state index in [-0.39, 0.29) is 31.1 Å². The molecule has 0 aromatic heterocycles. The number of ether oxygens (including phenoxy) is 3. The molecule has 0 N–H and O–H groups in total. The molecule has 350 valence electrons. The van der Waals surface area contributed by atoms with Gasteiger partial charge in [0.25, 0.3) is 0 Å². The van der Waals surface area contributed by atoms with Crippen LogP contribution in [0.4, 0.5) is 0 Å². The summed E-state index contributed by atoms with van der Waals surface area (Å²) >= 11 is 0. The molecule has 0 saturated carbocycles. The van der Waals surface area contributed by atoms with E-state index in [0.29, 0.717) is 19.3 Å². The van der Waals surface area contributed by atoms with Crippen molar-refractivity contribution in [3.63, 3.8) is 0 Å². The standard InChI is InChI=1S/C53H102O6/c1-6-8-9-10-11-12-13-17-21-24-27-33-38-43-51(54)57-46-50(47-58-52(55)44-39-34-30-29-32-37-42-49(5)7-2)59-53(56)45-40-35-28-25-22-19-16-14-15-18-20-23-26-31-36-41-48(3)4/h48-50H,6-47H2,1-5H3/t49?,50-/m0/s1. The van der Waals surface area contributed by atoms with E-state index < -0.39 is 6.10 Å². The molecule has 0 spiro atoms. The van der Waals surface area contributed by atoms with Gasteiger partial charge in [0.15, 0.2) is 6.10 Å². The lowest BCUT2D eigenvalue weighted by Gasteiger charge is -2.18. The summed E-state index contributed by atoms with van der Waals surface area (Å²) in [4.78, 5) is 37.9. The van der Waals surface area contributed by atoms with Gasteiger partial charge in [0.05, 0.1) is 0 Å². The highest BCUT2D eigenvalue weighted by Gasteiger charge is 2.19. The molecule has 1 unspecified atom stereocenters. The lowest BCUT2D eigenvalue weighted by Crippen LogP contribution is -2.30. The van der Waals surface area contributed by atoms with Gasteiger partial charge in [-0.05, 0) is 31.1 Å². The number of rotatable bonds is 47. The molecule has 0 aromatic rings. The number of esters is 3. The lowest BCUT2D eigenvalue weighted by molar-refractivity contribution is -0.167. The fourth-order valence-electron chi connectivity index (χ4n) is 7.96. The first-order valence-corrected chi connectivity index (χ1v) is 26.3. The van der Waals surface area contributed by atoms with Gasteiger partial charge in [-0.15, -0.1) is 0 Å². The van der Waals surface area contributed by atoms with Crippen molar-refractivity contribution in [2.75, 3.05) is 13.2 Å². The fraction of sp³-hybridized carbons (Fsp3) is 0.943. The van der Waals surface area contributed by atoms with Crippen LogP contribution in [0.1, 0.15) is 291 Å². The molecular formula is C53H102O6. The van der Waals surface area contributed by atoms with Crippen molar-refractivity contribution in [3.05, 3.63) is 0 Å². The quantitative estimate of drug-likeness (QED) is 0.0345. The molecular weight excluding hydrogens is 733 g/mol. The van der Waals surface area contributed by atoms with Crippen molar-refractivity contribution in [3.8, 4) is 0 Å². The fourth-order valence-corrected chi connectivity index (χ4v) is 7.96. The molecule has 0 fully saturated rings. The predicted octanol–water partition coefficient (Wildman–Crippen LogP) is 16.9. The highest BCUT2D eigenvalue weighted by Crippen LogP contribution is 2.18. The molecule has 59 heavy (non-hydrogen) atoms. The van der Waals surface area contributed by atoms with E-state index >= 15 is 0 Å². The Kier molecular flexibility index (Phi) is 44.7. The van der Waals surface area contributed by atoms with Crippen LogP contribution in [0.5, 0.6) is 0 Å². The second kappa shape index (κ2) is 45.9. The van der Waals surface area contributed by atoms with Gasteiger partial charge in [0.2, 0.25) is 0 Å². The van der Waals surface area contributed by atoms with E-state index in [0.717, 1.165) is 69.6 Å². The van der Waals surface area contributed by atoms with Gasteiger partial charge >= 0.3 is 17.9 Å². The van der Waals surface area contributed by atoms with Crippen LogP contribution in [0.2, 0.25) is 0 Å². The minimum Gasteiger partial charge on any atom is -0.462 e. The molecule has 0 radical (unpaired) electrons. The second-order valence-electron chi connectivity index (χ2n) is 18.9. The largest absolute Gasteiger partial charge is 0.462 e. The Hall–Kier alpha value is -1.59. The Morgan fingerprint density at radius 1 is 0.356 bits per heavy atom. The zero-order valence-corrected chi connectivity index (χ0v) is 40.4. The maximum absolute atomic E-state index is 12.8. The van der Waals surface area contributed by atoms with E-state index in [9.17, 15) is 14.4 Å². The minimum absolute atomic E-state index is 0.0641. The van der Waals surface area contributed by atoms with Crippen molar-refractivity contribution in [2.24, 2.45) is 11.8 Å². The average Bonchev–Trinajstić information content (AvgIpc) is 3.22. The minimum atomic E-state index is -0.762. The maximum atomic E-state index is 12.8. The summed E-state index contributed by atoms with van der Waals surface area (Å²) < 4.78 is 16.8. The first-order valence-electron chi connectivity index (χ1n) is 26.3. The van der Waals surface area contributed by atoms with E-state index in [4.69, 9.17) is 14.2 Å². The van der Waals surface area contributed by atoms with Crippen LogP contribution < -0.4 is 0 Å². The second-order valence-corrected chi connectivity index (χ2v) is 18.9. The smallest absolute Gasteiger partial charge is 0.306 e. The molecule has 0 aromatic carbocycles. The highest BCUT2D eigenvalue weighted by molar-refractivity contribution is 5.71. The Bertz CT molecular complexity index is 902. The summed E-state index contributed by atoms with van der Waals surface area (Å²) in [5, 5.41) is 0. The third-order valence-electron chi connectivity index (χ3n) is 12.3. The molecule has 0 amide bonds. The molecule has 0 aliphatic carbocycles. The summed E-state index contributed by atoms with van der Waals surface area (Å²) in [5.41, 5.74) is 0. The van der Waals surface area contributed by atoms with Gasteiger partial charge in [-0.1, -0.05) is 253 Å². The SMILES string of the molecule is CCCCCCCCCCCCCCCC(=O)OC[C@@H](COC(=O)CCCCCCCCC(C)CC)OC(=O)CCCCCCCCCCCCCCCCCC(C)C. The zero-order chi connectivity index (χ0) is 43.3. The molecule has 0 heterocycles. The summed E-state index contributed by atoms with van der Waals surface area (Å²) in [6, 6.07) is 0. The number of carbonyl (C=O) groups is 3. The predicted molar refractivity (Wildman–Crippen MR) is 252 cm³/mol. The molecule has 2 atom stereocenters. The van der Waals surface area contributed by atoms with E-state index in [1.165, 1.54) is 180 Å². The van der Waals surface area contributed by atoms with Gasteiger partial charge in [0.1, 0.15) is 13.2 Å². The average molecular weight is 835 g/mol. The van der Waals surface area contributed by atoms with Gasteiger partial charge in [-0.25, -0.2) is 0 Å². The van der Waals surface area contributed by atoms with Crippen molar-refractivity contribution in [1.29, 1.82) is 0 Å². The van der Waals surface area contributed by atoms with Crippen molar-refractivity contribution >= 4 is 17.9 Å². The normalized spacial score (nSPS) is 12.5. The summed E-state index contributed by atoms with van der Waals surface area (Å²) in [5.74, 6) is 0.812. The number of unbranched alkanes of at least 4 members (excludes halogenated alkanes) is 31. The van der Waals surface area contributed by atoms with Crippen LogP contribution in [-0.2, 0) is 28.6 Å². The Labute approximate surface area is 368 Å². The van der Waals surface area contributed by atoms with Crippen molar-refractivity contribution in [1.82, 2.24) is 0 Å². The van der Waals surface area contributed by atoms with Gasteiger partial charge in [0, 0.05) is 19.3 Å². The van der Waals surface area contributed by atoms with Crippen molar-refractivity contribution in [2.45, 2.75) is 298 Å². The maximum Gasteiger partial charge on any atom is 0.306 e. The topological polar surface area (TPSA) is 78.9 Å². The summed E-state index contributed by atoms with van der Waals surface area (Å²) in [7, 11) is 0. The molecule has 0 rings (SSSR count). The molecule has 0 aliphatic heterocycles.